The molecular weight excluding hydrogens is 342 g/mol. The minimum absolute atomic E-state index is 0.216. The zero-order valence-corrected chi connectivity index (χ0v) is 13.1. The number of pyridine rings is 1. The number of halogens is 2. The molecule has 1 aromatic carbocycles. The van der Waals surface area contributed by atoms with Crippen LogP contribution in [0, 0.1) is 0 Å². The van der Waals surface area contributed by atoms with Gasteiger partial charge in [-0.15, -0.1) is 0 Å². The van der Waals surface area contributed by atoms with Gasteiger partial charge in [-0.25, -0.2) is 0 Å². The summed E-state index contributed by atoms with van der Waals surface area (Å²) in [6, 6.07) is 6.98. The van der Waals surface area contributed by atoms with Crippen molar-refractivity contribution in [3.05, 3.63) is 51.7 Å². The van der Waals surface area contributed by atoms with Crippen LogP contribution in [-0.2, 0) is 0 Å². The lowest BCUT2D eigenvalue weighted by Gasteiger charge is -2.11. The van der Waals surface area contributed by atoms with Crippen LogP contribution in [0.15, 0.2) is 41.1 Å². The van der Waals surface area contributed by atoms with Crippen LogP contribution in [-0.4, -0.2) is 17.4 Å². The lowest BCUT2D eigenvalue weighted by molar-refractivity contribution is 0.102. The monoisotopic (exact) mass is 353 g/mol. The van der Waals surface area contributed by atoms with Gasteiger partial charge in [0, 0.05) is 12.7 Å². The summed E-state index contributed by atoms with van der Waals surface area (Å²) >= 11 is 9.36. The molecule has 0 atom stereocenters. The number of carbonyl (C=O) groups excluding carboxylic acids is 1. The average Bonchev–Trinajstić information content (AvgIpc) is 2.45. The summed E-state index contributed by atoms with van der Waals surface area (Å²) in [7, 11) is 0. The van der Waals surface area contributed by atoms with Crippen LogP contribution < -0.4 is 10.6 Å². The Morgan fingerprint density at radius 3 is 2.90 bits per heavy atom. The van der Waals surface area contributed by atoms with Crippen LogP contribution >= 0.6 is 27.5 Å². The molecule has 0 unspecified atom stereocenters. The number of benzene rings is 1. The molecule has 1 heterocycles. The third kappa shape index (κ3) is 3.29. The Kier molecular flexibility index (Phi) is 4.98. The van der Waals surface area contributed by atoms with E-state index in [0.717, 1.165) is 0 Å². The third-order valence-electron chi connectivity index (χ3n) is 2.63. The zero-order valence-electron chi connectivity index (χ0n) is 10.8. The van der Waals surface area contributed by atoms with Crippen molar-refractivity contribution >= 4 is 44.8 Å². The molecule has 2 aromatic rings. The van der Waals surface area contributed by atoms with Crippen LogP contribution in [0.2, 0.25) is 5.02 Å². The van der Waals surface area contributed by atoms with Crippen LogP contribution in [0.3, 0.4) is 0 Å². The summed E-state index contributed by atoms with van der Waals surface area (Å²) in [6.45, 7) is 2.68. The first-order valence-corrected chi connectivity index (χ1v) is 7.23. The van der Waals surface area contributed by atoms with Gasteiger partial charge in [-0.2, -0.15) is 0 Å². The first-order valence-electron chi connectivity index (χ1n) is 6.06. The lowest BCUT2D eigenvalue weighted by Crippen LogP contribution is -2.15. The van der Waals surface area contributed by atoms with E-state index in [4.69, 9.17) is 11.6 Å². The van der Waals surface area contributed by atoms with Gasteiger partial charge in [0.2, 0.25) is 0 Å². The van der Waals surface area contributed by atoms with E-state index in [1.807, 2.05) is 6.92 Å². The number of aromatic nitrogens is 1. The van der Waals surface area contributed by atoms with Crippen molar-refractivity contribution in [3.63, 3.8) is 0 Å². The quantitative estimate of drug-likeness (QED) is 0.866. The van der Waals surface area contributed by atoms with Gasteiger partial charge in [-0.1, -0.05) is 17.7 Å². The van der Waals surface area contributed by atoms with Gasteiger partial charge in [-0.3, -0.25) is 9.78 Å². The largest absolute Gasteiger partial charge is 0.383 e. The molecule has 0 bridgehead atoms. The van der Waals surface area contributed by atoms with Crippen molar-refractivity contribution in [2.75, 3.05) is 17.2 Å². The van der Waals surface area contributed by atoms with E-state index in [1.165, 1.54) is 0 Å². The minimum Gasteiger partial charge on any atom is -0.383 e. The number of carbonyl (C=O) groups is 1. The lowest BCUT2D eigenvalue weighted by atomic mass is 10.2. The number of nitrogens with one attached hydrogen (secondary N) is 2. The Balaban J connectivity index is 2.26. The van der Waals surface area contributed by atoms with Crippen LogP contribution in [0.4, 0.5) is 11.4 Å². The van der Waals surface area contributed by atoms with Gasteiger partial charge in [0.1, 0.15) is 0 Å². The van der Waals surface area contributed by atoms with Gasteiger partial charge < -0.3 is 10.6 Å². The maximum Gasteiger partial charge on any atom is 0.257 e. The molecule has 0 saturated carbocycles. The molecule has 104 valence electrons. The van der Waals surface area contributed by atoms with Gasteiger partial charge in [-0.05, 0) is 41.1 Å². The maximum atomic E-state index is 12.3. The fourth-order valence-corrected chi connectivity index (χ4v) is 2.25. The number of hydrogen-bond donors (Lipinski definition) is 2. The highest BCUT2D eigenvalue weighted by Gasteiger charge is 2.13. The van der Waals surface area contributed by atoms with Crippen LogP contribution in [0.5, 0.6) is 0 Å². The zero-order chi connectivity index (χ0) is 14.5. The van der Waals surface area contributed by atoms with E-state index >= 15 is 0 Å². The summed E-state index contributed by atoms with van der Waals surface area (Å²) in [5.41, 5.74) is 1.86. The topological polar surface area (TPSA) is 54.0 Å². The number of anilines is 2. The number of rotatable bonds is 4. The normalized spacial score (nSPS) is 10.2. The number of hydrogen-bond acceptors (Lipinski definition) is 3. The second kappa shape index (κ2) is 6.72. The van der Waals surface area contributed by atoms with Crippen molar-refractivity contribution in [2.45, 2.75) is 6.92 Å². The second-order valence-corrected chi connectivity index (χ2v) is 5.21. The first-order chi connectivity index (χ1) is 9.63. The van der Waals surface area contributed by atoms with Crippen molar-refractivity contribution < 1.29 is 4.79 Å². The molecule has 0 radical (unpaired) electrons. The third-order valence-corrected chi connectivity index (χ3v) is 4.03. The highest BCUT2D eigenvalue weighted by atomic mass is 79.9. The fourth-order valence-electron chi connectivity index (χ4n) is 1.71. The van der Waals surface area contributed by atoms with Gasteiger partial charge in [0.25, 0.3) is 5.91 Å². The second-order valence-electron chi connectivity index (χ2n) is 4.01. The van der Waals surface area contributed by atoms with Crippen molar-refractivity contribution in [2.24, 2.45) is 0 Å². The Morgan fingerprint density at radius 1 is 1.35 bits per heavy atom. The van der Waals surface area contributed by atoms with Crippen molar-refractivity contribution in [3.8, 4) is 0 Å². The molecule has 20 heavy (non-hydrogen) atoms. The average molecular weight is 355 g/mol. The van der Waals surface area contributed by atoms with Crippen molar-refractivity contribution in [1.29, 1.82) is 0 Å². The predicted molar refractivity (Wildman–Crippen MR) is 85.5 cm³/mol. The molecule has 0 saturated heterocycles. The van der Waals surface area contributed by atoms with E-state index in [0.29, 0.717) is 33.0 Å². The Morgan fingerprint density at radius 2 is 2.15 bits per heavy atom. The molecule has 0 aliphatic carbocycles. The molecule has 2 N–H and O–H groups in total. The first kappa shape index (κ1) is 14.8. The smallest absolute Gasteiger partial charge is 0.257 e. The van der Waals surface area contributed by atoms with E-state index in [1.54, 1.807) is 36.7 Å². The Hall–Kier alpha value is -1.59. The summed E-state index contributed by atoms with van der Waals surface area (Å²) in [4.78, 5) is 16.3. The molecule has 0 aliphatic heterocycles. The summed E-state index contributed by atoms with van der Waals surface area (Å²) in [5.74, 6) is -0.216. The molecular formula is C14H13BrClN3O. The van der Waals surface area contributed by atoms with Gasteiger partial charge in [0.15, 0.2) is 0 Å². The standard InChI is InChI=1S/C14H13BrClN3O/c1-2-18-12-8-17-7-6-9(12)14(20)19-11-5-3-4-10(16)13(11)15/h3-8,18H,2H2,1H3,(H,19,20). The number of nitrogens with zero attached hydrogens (tertiary/aromatic N) is 1. The Bertz CT molecular complexity index is 634. The van der Waals surface area contributed by atoms with Gasteiger partial charge >= 0.3 is 0 Å². The summed E-state index contributed by atoms with van der Waals surface area (Å²) in [6.07, 6.45) is 3.22. The molecule has 2 rings (SSSR count). The number of amides is 1. The molecule has 4 nitrogen and oxygen atoms in total. The summed E-state index contributed by atoms with van der Waals surface area (Å²) < 4.78 is 0.661. The molecule has 6 heteroatoms. The highest BCUT2D eigenvalue weighted by molar-refractivity contribution is 9.10. The van der Waals surface area contributed by atoms with E-state index in [2.05, 4.69) is 31.5 Å². The minimum atomic E-state index is -0.216. The molecule has 0 aliphatic rings. The SMILES string of the molecule is CCNc1cnccc1C(=O)Nc1cccc(Cl)c1Br. The van der Waals surface area contributed by atoms with Crippen LogP contribution in [0.25, 0.3) is 0 Å². The fraction of sp³-hybridized carbons (Fsp3) is 0.143. The molecule has 1 aromatic heterocycles. The maximum absolute atomic E-state index is 12.3. The Labute approximate surface area is 130 Å². The van der Waals surface area contributed by atoms with Crippen LogP contribution in [0.1, 0.15) is 17.3 Å². The highest BCUT2D eigenvalue weighted by Crippen LogP contribution is 2.30. The predicted octanol–water partition coefficient (Wildman–Crippen LogP) is 4.18. The molecule has 0 spiro atoms. The van der Waals surface area contributed by atoms with E-state index in [9.17, 15) is 4.79 Å². The van der Waals surface area contributed by atoms with Crippen molar-refractivity contribution in [1.82, 2.24) is 4.98 Å². The van der Waals surface area contributed by atoms with E-state index in [-0.39, 0.29) is 5.91 Å². The summed E-state index contributed by atoms with van der Waals surface area (Å²) in [5, 5.41) is 6.48. The molecule has 0 fully saturated rings. The van der Waals surface area contributed by atoms with E-state index < -0.39 is 0 Å². The van der Waals surface area contributed by atoms with Gasteiger partial charge in [0.05, 0.1) is 32.6 Å². The molecule has 1 amide bonds.